The number of benzene rings is 4. The van der Waals surface area contributed by atoms with Crippen LogP contribution in [0.1, 0.15) is 15.9 Å². The summed E-state index contributed by atoms with van der Waals surface area (Å²) in [6.07, 6.45) is 6.69. The number of hydrogen-bond donors (Lipinski definition) is 0. The van der Waals surface area contributed by atoms with E-state index in [0.717, 1.165) is 22.6 Å². The fourth-order valence-corrected chi connectivity index (χ4v) is 3.97. The number of fused-ring (bicyclic) bond motifs is 1. The lowest BCUT2D eigenvalue weighted by molar-refractivity contribution is 0.104. The number of para-hydroxylation sites is 3. The number of allylic oxidation sites excluding steroid dienone is 3. The zero-order chi connectivity index (χ0) is 24.7. The first-order valence-electron chi connectivity index (χ1n) is 11.6. The summed E-state index contributed by atoms with van der Waals surface area (Å²) in [4.78, 5) is 26.9. The first kappa shape index (κ1) is 22.8. The summed E-state index contributed by atoms with van der Waals surface area (Å²) >= 11 is 0. The van der Waals surface area contributed by atoms with Gasteiger partial charge in [0.1, 0.15) is 11.1 Å². The Morgan fingerprint density at radius 3 is 1.92 bits per heavy atom. The van der Waals surface area contributed by atoms with Gasteiger partial charge >= 0.3 is 5.63 Å². The van der Waals surface area contributed by atoms with E-state index in [1.54, 1.807) is 36.4 Å². The van der Waals surface area contributed by atoms with Crippen LogP contribution >= 0.6 is 0 Å². The Morgan fingerprint density at radius 2 is 1.25 bits per heavy atom. The Kier molecular flexibility index (Phi) is 6.68. The van der Waals surface area contributed by atoms with Crippen LogP contribution in [0.5, 0.6) is 0 Å². The van der Waals surface area contributed by atoms with Crippen molar-refractivity contribution in [1.29, 1.82) is 0 Å². The van der Waals surface area contributed by atoms with E-state index in [9.17, 15) is 9.59 Å². The van der Waals surface area contributed by atoms with Gasteiger partial charge in [0, 0.05) is 22.4 Å². The molecule has 0 saturated heterocycles. The summed E-state index contributed by atoms with van der Waals surface area (Å²) in [5.41, 5.74) is 4.03. The molecule has 4 nitrogen and oxygen atoms in total. The summed E-state index contributed by atoms with van der Waals surface area (Å²) in [7, 11) is 0. The number of ketones is 1. The van der Waals surface area contributed by atoms with E-state index in [0.29, 0.717) is 11.0 Å². The molecule has 0 aliphatic heterocycles. The highest BCUT2D eigenvalue weighted by molar-refractivity contribution is 6.05. The number of nitrogens with zero attached hydrogens (tertiary/aromatic N) is 1. The molecule has 0 fully saturated rings. The lowest BCUT2D eigenvalue weighted by Gasteiger charge is -2.25. The second-order valence-electron chi connectivity index (χ2n) is 8.17. The van der Waals surface area contributed by atoms with Gasteiger partial charge in [-0.25, -0.2) is 4.79 Å². The van der Waals surface area contributed by atoms with Crippen LogP contribution in [0, 0.1) is 0 Å². The Bertz CT molecular complexity index is 1560. The maximum atomic E-state index is 12.5. The van der Waals surface area contributed by atoms with Crippen molar-refractivity contribution in [3.8, 4) is 0 Å². The molecule has 0 aliphatic rings. The van der Waals surface area contributed by atoms with Crippen molar-refractivity contribution < 1.29 is 9.21 Å². The maximum Gasteiger partial charge on any atom is 0.347 e. The molecule has 4 aromatic carbocycles. The van der Waals surface area contributed by atoms with E-state index in [2.05, 4.69) is 41.3 Å². The molecule has 0 saturated carbocycles. The molecule has 0 bridgehead atoms. The van der Waals surface area contributed by atoms with Crippen LogP contribution in [0.3, 0.4) is 0 Å². The van der Waals surface area contributed by atoms with Gasteiger partial charge in [0.15, 0.2) is 5.78 Å². The minimum absolute atomic E-state index is 0.0182. The van der Waals surface area contributed by atoms with Gasteiger partial charge in [-0.05, 0) is 60.2 Å². The lowest BCUT2D eigenvalue weighted by Crippen LogP contribution is -2.11. The van der Waals surface area contributed by atoms with Crippen LogP contribution in [0.4, 0.5) is 17.1 Å². The normalized spacial score (nSPS) is 11.3. The van der Waals surface area contributed by atoms with Crippen molar-refractivity contribution in [2.75, 3.05) is 4.90 Å². The molecule has 1 aromatic heterocycles. The van der Waals surface area contributed by atoms with E-state index < -0.39 is 11.4 Å². The largest absolute Gasteiger partial charge is 0.422 e. The van der Waals surface area contributed by atoms with Crippen molar-refractivity contribution in [1.82, 2.24) is 0 Å². The fraction of sp³-hybridized carbons (Fsp3) is 0. The number of anilines is 3. The van der Waals surface area contributed by atoms with Gasteiger partial charge in [0.25, 0.3) is 0 Å². The monoisotopic (exact) mass is 469 g/mol. The molecular formula is C32H23NO3. The van der Waals surface area contributed by atoms with Gasteiger partial charge in [-0.2, -0.15) is 0 Å². The fourth-order valence-electron chi connectivity index (χ4n) is 3.97. The van der Waals surface area contributed by atoms with Gasteiger partial charge in [-0.3, -0.25) is 4.79 Å². The average Bonchev–Trinajstić information content (AvgIpc) is 2.93. The summed E-state index contributed by atoms with van der Waals surface area (Å²) in [6, 6.07) is 37.3. The summed E-state index contributed by atoms with van der Waals surface area (Å²) in [5.74, 6) is -0.393. The van der Waals surface area contributed by atoms with E-state index in [4.69, 9.17) is 4.42 Å². The second kappa shape index (κ2) is 10.5. The molecule has 0 unspecified atom stereocenters. The predicted molar refractivity (Wildman–Crippen MR) is 146 cm³/mol. The molecule has 0 N–H and O–H groups in total. The zero-order valence-electron chi connectivity index (χ0n) is 19.5. The molecule has 5 rings (SSSR count). The summed E-state index contributed by atoms with van der Waals surface area (Å²) in [6.45, 7) is 0. The van der Waals surface area contributed by atoms with Crippen LogP contribution in [0.2, 0.25) is 0 Å². The molecule has 1 heterocycles. The number of hydrogen-bond acceptors (Lipinski definition) is 4. The third-order valence-electron chi connectivity index (χ3n) is 5.73. The second-order valence-corrected chi connectivity index (χ2v) is 8.17. The highest BCUT2D eigenvalue weighted by atomic mass is 16.4. The van der Waals surface area contributed by atoms with Gasteiger partial charge in [0.05, 0.1) is 0 Å². The molecule has 0 amide bonds. The molecular weight excluding hydrogens is 446 g/mol. The van der Waals surface area contributed by atoms with Crippen LogP contribution in [0.25, 0.3) is 17.0 Å². The Morgan fingerprint density at radius 1 is 0.667 bits per heavy atom. The first-order chi connectivity index (χ1) is 17.7. The van der Waals surface area contributed by atoms with Crippen molar-refractivity contribution in [3.63, 3.8) is 0 Å². The molecule has 0 atom stereocenters. The number of rotatable bonds is 7. The van der Waals surface area contributed by atoms with Gasteiger partial charge < -0.3 is 9.32 Å². The van der Waals surface area contributed by atoms with Crippen molar-refractivity contribution in [3.05, 3.63) is 155 Å². The van der Waals surface area contributed by atoms with E-state index in [1.807, 2.05) is 60.7 Å². The smallest absolute Gasteiger partial charge is 0.347 e. The predicted octanol–water partition coefficient (Wildman–Crippen LogP) is 7.72. The minimum Gasteiger partial charge on any atom is -0.422 e. The molecule has 0 spiro atoms. The van der Waals surface area contributed by atoms with Crippen molar-refractivity contribution in [2.24, 2.45) is 0 Å². The van der Waals surface area contributed by atoms with Gasteiger partial charge in [-0.1, -0.05) is 85.0 Å². The summed E-state index contributed by atoms with van der Waals surface area (Å²) < 4.78 is 5.25. The highest BCUT2D eigenvalue weighted by Crippen LogP contribution is 2.34. The Balaban J connectivity index is 1.32. The number of carbonyl (C=O) groups is 1. The van der Waals surface area contributed by atoms with Gasteiger partial charge in [-0.15, -0.1) is 0 Å². The molecule has 174 valence electrons. The molecule has 36 heavy (non-hydrogen) atoms. The SMILES string of the molecule is O=C(C=CC=Cc1ccc(N(c2ccccc2)c2ccccc2)cc1)c1cc2ccccc2oc1=O. The van der Waals surface area contributed by atoms with Crippen LogP contribution in [-0.4, -0.2) is 5.78 Å². The average molecular weight is 470 g/mol. The van der Waals surface area contributed by atoms with Crippen molar-refractivity contribution in [2.45, 2.75) is 0 Å². The van der Waals surface area contributed by atoms with E-state index in [-0.39, 0.29) is 5.56 Å². The van der Waals surface area contributed by atoms with Crippen LogP contribution in [0.15, 0.2) is 143 Å². The molecule has 5 aromatic rings. The molecule has 0 aliphatic carbocycles. The Hall–Kier alpha value is -4.96. The summed E-state index contributed by atoms with van der Waals surface area (Å²) in [5, 5.41) is 0.713. The van der Waals surface area contributed by atoms with E-state index in [1.165, 1.54) is 6.08 Å². The Labute approximate surface area is 209 Å². The quantitative estimate of drug-likeness (QED) is 0.106. The van der Waals surface area contributed by atoms with E-state index >= 15 is 0 Å². The van der Waals surface area contributed by atoms with Gasteiger partial charge in [0.2, 0.25) is 0 Å². The third kappa shape index (κ3) is 5.08. The number of carbonyl (C=O) groups excluding carboxylic acids is 1. The van der Waals surface area contributed by atoms with Crippen LogP contribution in [-0.2, 0) is 0 Å². The lowest BCUT2D eigenvalue weighted by atomic mass is 10.1. The molecule has 0 radical (unpaired) electrons. The standard InChI is InChI=1S/C32H23NO3/c34-30(29-23-25-12-8-10-18-31(25)36-32(29)35)17-9-7-11-24-19-21-28(22-20-24)33(26-13-3-1-4-14-26)27-15-5-2-6-16-27/h1-23H. The van der Waals surface area contributed by atoms with Crippen LogP contribution < -0.4 is 10.5 Å². The zero-order valence-corrected chi connectivity index (χ0v) is 19.5. The first-order valence-corrected chi connectivity index (χ1v) is 11.6. The highest BCUT2D eigenvalue weighted by Gasteiger charge is 2.12. The molecule has 4 heteroatoms. The topological polar surface area (TPSA) is 50.5 Å². The van der Waals surface area contributed by atoms with Crippen molar-refractivity contribution >= 4 is 39.9 Å². The maximum absolute atomic E-state index is 12.5. The third-order valence-corrected chi connectivity index (χ3v) is 5.73. The minimum atomic E-state index is -0.635.